The molecule has 0 saturated heterocycles. The largest absolute Gasteiger partial charge is 0.496 e. The van der Waals surface area contributed by atoms with Crippen molar-refractivity contribution in [3.63, 3.8) is 0 Å². The fourth-order valence-electron chi connectivity index (χ4n) is 2.39. The lowest BCUT2D eigenvalue weighted by Crippen LogP contribution is -2.19. The third-order valence-electron chi connectivity index (χ3n) is 3.34. The van der Waals surface area contributed by atoms with Crippen LogP contribution in [0, 0.1) is 5.92 Å². The zero-order valence-corrected chi connectivity index (χ0v) is 13.4. The Hall–Kier alpha value is -0.540. The summed E-state index contributed by atoms with van der Waals surface area (Å²) >= 11 is 3.54. The highest BCUT2D eigenvalue weighted by molar-refractivity contribution is 9.10. The van der Waals surface area contributed by atoms with Crippen molar-refractivity contribution >= 4 is 15.9 Å². The molecular weight excluding hydrogens is 290 g/mol. The predicted octanol–water partition coefficient (Wildman–Crippen LogP) is 4.54. The molecule has 1 aromatic carbocycles. The predicted molar refractivity (Wildman–Crippen MR) is 81.2 cm³/mol. The van der Waals surface area contributed by atoms with Crippen LogP contribution < -0.4 is 10.1 Å². The van der Waals surface area contributed by atoms with Gasteiger partial charge in [0, 0.05) is 16.1 Å². The van der Waals surface area contributed by atoms with Crippen molar-refractivity contribution in [2.24, 2.45) is 5.92 Å². The van der Waals surface area contributed by atoms with Crippen LogP contribution in [0.4, 0.5) is 0 Å². The summed E-state index contributed by atoms with van der Waals surface area (Å²) in [5, 5.41) is 3.41. The number of nitrogens with one attached hydrogen (secondary N) is 1. The molecule has 0 aromatic heterocycles. The minimum absolute atomic E-state index is 0.346. The minimum Gasteiger partial charge on any atom is -0.496 e. The topological polar surface area (TPSA) is 21.3 Å². The number of halogens is 1. The molecule has 3 heteroatoms. The molecule has 1 aromatic rings. The summed E-state index contributed by atoms with van der Waals surface area (Å²) in [4.78, 5) is 0. The summed E-state index contributed by atoms with van der Waals surface area (Å²) in [6.07, 6.45) is 3.65. The molecule has 0 saturated carbocycles. The molecule has 0 fully saturated rings. The van der Waals surface area contributed by atoms with Crippen LogP contribution in [0.3, 0.4) is 0 Å². The number of ether oxygens (including phenoxy) is 1. The highest BCUT2D eigenvalue weighted by atomic mass is 79.9. The number of methoxy groups -OCH3 is 1. The van der Waals surface area contributed by atoms with E-state index in [1.54, 1.807) is 7.11 Å². The Balaban J connectivity index is 2.89. The molecule has 2 unspecified atom stereocenters. The maximum absolute atomic E-state index is 5.46. The number of benzene rings is 1. The van der Waals surface area contributed by atoms with Gasteiger partial charge in [0.15, 0.2) is 0 Å². The van der Waals surface area contributed by atoms with Crippen LogP contribution in [0.2, 0.25) is 0 Å². The molecule has 0 bridgehead atoms. The Morgan fingerprint density at radius 3 is 2.67 bits per heavy atom. The molecule has 1 N–H and O–H groups in total. The van der Waals surface area contributed by atoms with Gasteiger partial charge in [-0.3, -0.25) is 0 Å². The third kappa shape index (κ3) is 4.29. The van der Waals surface area contributed by atoms with Crippen LogP contribution in [0.15, 0.2) is 22.7 Å². The monoisotopic (exact) mass is 313 g/mol. The average Bonchev–Trinajstić information content (AvgIpc) is 2.36. The second-order valence-corrected chi connectivity index (χ2v) is 5.77. The van der Waals surface area contributed by atoms with Gasteiger partial charge in [-0.2, -0.15) is 0 Å². The van der Waals surface area contributed by atoms with Gasteiger partial charge in [0.25, 0.3) is 0 Å². The molecule has 0 radical (unpaired) electrons. The van der Waals surface area contributed by atoms with Crippen molar-refractivity contribution in [2.75, 3.05) is 14.2 Å². The van der Waals surface area contributed by atoms with Crippen molar-refractivity contribution in [3.05, 3.63) is 28.2 Å². The van der Waals surface area contributed by atoms with Gasteiger partial charge in [0.05, 0.1) is 7.11 Å². The Labute approximate surface area is 119 Å². The van der Waals surface area contributed by atoms with Gasteiger partial charge in [0.1, 0.15) is 5.75 Å². The summed E-state index contributed by atoms with van der Waals surface area (Å²) < 4.78 is 6.56. The maximum atomic E-state index is 5.46. The van der Waals surface area contributed by atoms with Crippen LogP contribution in [0.5, 0.6) is 5.75 Å². The lowest BCUT2D eigenvalue weighted by molar-refractivity contribution is 0.375. The smallest absolute Gasteiger partial charge is 0.123 e. The summed E-state index contributed by atoms with van der Waals surface area (Å²) in [6, 6.07) is 6.54. The molecule has 2 atom stereocenters. The van der Waals surface area contributed by atoms with Crippen molar-refractivity contribution < 1.29 is 4.74 Å². The first-order valence-electron chi connectivity index (χ1n) is 6.63. The van der Waals surface area contributed by atoms with Gasteiger partial charge < -0.3 is 10.1 Å². The summed E-state index contributed by atoms with van der Waals surface area (Å²) in [5.41, 5.74) is 1.23. The first-order valence-corrected chi connectivity index (χ1v) is 7.42. The van der Waals surface area contributed by atoms with Crippen LogP contribution in [-0.4, -0.2) is 14.2 Å². The summed E-state index contributed by atoms with van der Waals surface area (Å²) in [6.45, 7) is 4.56. The van der Waals surface area contributed by atoms with Crippen LogP contribution in [0.1, 0.15) is 44.7 Å². The van der Waals surface area contributed by atoms with E-state index in [1.165, 1.54) is 18.4 Å². The van der Waals surface area contributed by atoms with E-state index in [-0.39, 0.29) is 0 Å². The molecule has 18 heavy (non-hydrogen) atoms. The average molecular weight is 314 g/mol. The van der Waals surface area contributed by atoms with Crippen molar-refractivity contribution in [1.29, 1.82) is 0 Å². The molecule has 0 aliphatic heterocycles. The lowest BCUT2D eigenvalue weighted by Gasteiger charge is -2.23. The number of rotatable bonds is 7. The highest BCUT2D eigenvalue weighted by Gasteiger charge is 2.17. The van der Waals surface area contributed by atoms with E-state index >= 15 is 0 Å². The van der Waals surface area contributed by atoms with Gasteiger partial charge in [-0.15, -0.1) is 0 Å². The van der Waals surface area contributed by atoms with E-state index in [4.69, 9.17) is 4.74 Å². The molecule has 0 spiro atoms. The van der Waals surface area contributed by atoms with E-state index in [2.05, 4.69) is 41.2 Å². The van der Waals surface area contributed by atoms with Gasteiger partial charge in [-0.25, -0.2) is 0 Å². The third-order valence-corrected chi connectivity index (χ3v) is 3.83. The van der Waals surface area contributed by atoms with Crippen LogP contribution >= 0.6 is 15.9 Å². The molecule has 0 aliphatic carbocycles. The first-order chi connectivity index (χ1) is 8.62. The van der Waals surface area contributed by atoms with E-state index in [0.717, 1.165) is 22.6 Å². The SMILES string of the molecule is CCCC(C)CC(NC)c1cc(Br)ccc1OC. The van der Waals surface area contributed by atoms with Crippen molar-refractivity contribution in [2.45, 2.75) is 39.2 Å². The van der Waals surface area contributed by atoms with E-state index in [9.17, 15) is 0 Å². The Morgan fingerprint density at radius 1 is 1.39 bits per heavy atom. The van der Waals surface area contributed by atoms with Crippen LogP contribution in [0.25, 0.3) is 0 Å². The van der Waals surface area contributed by atoms with E-state index in [0.29, 0.717) is 6.04 Å². The fraction of sp³-hybridized carbons (Fsp3) is 0.600. The second-order valence-electron chi connectivity index (χ2n) is 4.86. The zero-order chi connectivity index (χ0) is 13.5. The van der Waals surface area contributed by atoms with Gasteiger partial charge in [-0.05, 0) is 37.6 Å². The zero-order valence-electron chi connectivity index (χ0n) is 11.8. The quantitative estimate of drug-likeness (QED) is 0.797. The first kappa shape index (κ1) is 15.5. The standard InChI is InChI=1S/C15H24BrNO/c1-5-6-11(2)9-14(17-3)13-10-12(16)7-8-15(13)18-4/h7-8,10-11,14,17H,5-6,9H2,1-4H3. The number of hydrogen-bond acceptors (Lipinski definition) is 2. The highest BCUT2D eigenvalue weighted by Crippen LogP contribution is 2.32. The molecule has 0 amide bonds. The second kappa shape index (κ2) is 7.80. The Morgan fingerprint density at radius 2 is 2.11 bits per heavy atom. The number of hydrogen-bond donors (Lipinski definition) is 1. The van der Waals surface area contributed by atoms with Gasteiger partial charge >= 0.3 is 0 Å². The maximum Gasteiger partial charge on any atom is 0.123 e. The van der Waals surface area contributed by atoms with Crippen molar-refractivity contribution in [3.8, 4) is 5.75 Å². The molecule has 1 rings (SSSR count). The van der Waals surface area contributed by atoms with Gasteiger partial charge in [-0.1, -0.05) is 42.6 Å². The van der Waals surface area contributed by atoms with E-state index < -0.39 is 0 Å². The summed E-state index contributed by atoms with van der Waals surface area (Å²) in [7, 11) is 3.75. The van der Waals surface area contributed by atoms with Crippen LogP contribution in [-0.2, 0) is 0 Å². The molecular formula is C15H24BrNO. The normalized spacial score (nSPS) is 14.3. The van der Waals surface area contributed by atoms with E-state index in [1.807, 2.05) is 19.2 Å². The Bertz CT molecular complexity index is 368. The molecule has 0 aliphatic rings. The minimum atomic E-state index is 0.346. The van der Waals surface area contributed by atoms with Crippen molar-refractivity contribution in [1.82, 2.24) is 5.32 Å². The summed E-state index contributed by atoms with van der Waals surface area (Å²) in [5.74, 6) is 1.68. The lowest BCUT2D eigenvalue weighted by atomic mass is 9.92. The Kier molecular flexibility index (Phi) is 6.72. The van der Waals surface area contributed by atoms with Gasteiger partial charge in [0.2, 0.25) is 0 Å². The molecule has 102 valence electrons. The molecule has 0 heterocycles. The molecule has 2 nitrogen and oxygen atoms in total. The fourth-order valence-corrected chi connectivity index (χ4v) is 2.77.